The number of morpholine rings is 1. The number of benzene rings is 2. The van der Waals surface area contributed by atoms with Crippen LogP contribution in [-0.2, 0) is 11.2 Å². The summed E-state index contributed by atoms with van der Waals surface area (Å²) in [7, 11) is 1.69. The van der Waals surface area contributed by atoms with Gasteiger partial charge in [-0.2, -0.15) is 0 Å². The summed E-state index contributed by atoms with van der Waals surface area (Å²) in [6.07, 6.45) is 0.931. The number of hydrogen-bond acceptors (Lipinski definition) is 4. The van der Waals surface area contributed by atoms with Gasteiger partial charge in [-0.15, -0.1) is 24.0 Å². The zero-order chi connectivity index (χ0) is 21.0. The fourth-order valence-electron chi connectivity index (χ4n) is 3.63. The van der Waals surface area contributed by atoms with Gasteiger partial charge in [0.2, 0.25) is 0 Å². The van der Waals surface area contributed by atoms with Gasteiger partial charge in [0.05, 0.1) is 32.9 Å². The van der Waals surface area contributed by atoms with E-state index in [-0.39, 0.29) is 30.0 Å². The van der Waals surface area contributed by atoms with Crippen molar-refractivity contribution in [2.75, 3.05) is 53.0 Å². The van der Waals surface area contributed by atoms with Crippen LogP contribution in [0.5, 0.6) is 5.75 Å². The zero-order valence-corrected chi connectivity index (χ0v) is 20.9. The van der Waals surface area contributed by atoms with Crippen LogP contribution in [0.15, 0.2) is 59.6 Å². The summed E-state index contributed by atoms with van der Waals surface area (Å²) in [4.78, 5) is 7.39. The molecule has 3 rings (SSSR count). The molecule has 6 nitrogen and oxygen atoms in total. The Kier molecular flexibility index (Phi) is 11.7. The largest absolute Gasteiger partial charge is 0.497 e. The Labute approximate surface area is 203 Å². The molecule has 31 heavy (non-hydrogen) atoms. The Bertz CT molecular complexity index is 765. The molecule has 1 aliphatic rings. The van der Waals surface area contributed by atoms with Gasteiger partial charge in [-0.05, 0) is 36.6 Å². The van der Waals surface area contributed by atoms with E-state index in [0.29, 0.717) is 6.54 Å². The molecular weight excluding hydrogens is 503 g/mol. The summed E-state index contributed by atoms with van der Waals surface area (Å²) in [6.45, 7) is 7.92. The van der Waals surface area contributed by atoms with Gasteiger partial charge in [-0.3, -0.25) is 9.89 Å². The van der Waals surface area contributed by atoms with Crippen LogP contribution in [0.3, 0.4) is 0 Å². The topological polar surface area (TPSA) is 58.1 Å². The summed E-state index contributed by atoms with van der Waals surface area (Å²) in [6, 6.07) is 19.1. The Morgan fingerprint density at radius 2 is 1.77 bits per heavy atom. The molecule has 1 heterocycles. The minimum atomic E-state index is 0. The van der Waals surface area contributed by atoms with E-state index in [4.69, 9.17) is 14.5 Å². The quantitative estimate of drug-likeness (QED) is 0.291. The van der Waals surface area contributed by atoms with Crippen molar-refractivity contribution in [2.24, 2.45) is 4.99 Å². The molecule has 1 atom stereocenters. The molecule has 1 aliphatic heterocycles. The van der Waals surface area contributed by atoms with E-state index in [9.17, 15) is 0 Å². The third-order valence-corrected chi connectivity index (χ3v) is 5.30. The second kappa shape index (κ2) is 14.3. The third-order valence-electron chi connectivity index (χ3n) is 5.30. The summed E-state index contributed by atoms with van der Waals surface area (Å²) in [5.41, 5.74) is 2.58. The lowest BCUT2D eigenvalue weighted by atomic mass is 10.1. The molecule has 7 heteroatoms. The van der Waals surface area contributed by atoms with Crippen molar-refractivity contribution in [1.29, 1.82) is 0 Å². The normalized spacial score (nSPS) is 15.6. The molecule has 2 aromatic rings. The summed E-state index contributed by atoms with van der Waals surface area (Å²) < 4.78 is 10.8. The van der Waals surface area contributed by atoms with Crippen molar-refractivity contribution in [2.45, 2.75) is 19.4 Å². The van der Waals surface area contributed by atoms with Crippen molar-refractivity contribution in [3.05, 3.63) is 65.7 Å². The highest BCUT2D eigenvalue weighted by atomic mass is 127. The van der Waals surface area contributed by atoms with Crippen LogP contribution in [0.2, 0.25) is 0 Å². The highest BCUT2D eigenvalue weighted by molar-refractivity contribution is 14.0. The molecule has 1 fully saturated rings. The summed E-state index contributed by atoms with van der Waals surface area (Å²) >= 11 is 0. The average molecular weight is 538 g/mol. The standard InChI is InChI=1S/C24H34N4O2.HI/c1-3-25-24(26-14-13-20-9-11-22(29-2)12-10-20)27-19-23(21-7-5-4-6-8-21)28-15-17-30-18-16-28;/h4-12,23H,3,13-19H2,1-2H3,(H2,25,26,27);1H. The maximum atomic E-state index is 5.55. The highest BCUT2D eigenvalue weighted by Crippen LogP contribution is 2.22. The van der Waals surface area contributed by atoms with E-state index < -0.39 is 0 Å². The lowest BCUT2D eigenvalue weighted by Gasteiger charge is -2.34. The maximum Gasteiger partial charge on any atom is 0.191 e. The molecule has 0 bridgehead atoms. The molecule has 0 saturated carbocycles. The van der Waals surface area contributed by atoms with Gasteiger partial charge < -0.3 is 20.1 Å². The van der Waals surface area contributed by atoms with Crippen LogP contribution in [-0.4, -0.2) is 63.9 Å². The Hall–Kier alpha value is -1.84. The fourth-order valence-corrected chi connectivity index (χ4v) is 3.63. The Balaban J connectivity index is 0.00000341. The van der Waals surface area contributed by atoms with Gasteiger partial charge >= 0.3 is 0 Å². The van der Waals surface area contributed by atoms with Gasteiger partial charge in [0.1, 0.15) is 5.75 Å². The predicted octanol–water partition coefficient (Wildman–Crippen LogP) is 3.48. The number of hydrogen-bond donors (Lipinski definition) is 2. The van der Waals surface area contributed by atoms with E-state index in [1.807, 2.05) is 12.1 Å². The van der Waals surface area contributed by atoms with Gasteiger partial charge in [-0.1, -0.05) is 42.5 Å². The van der Waals surface area contributed by atoms with Crippen molar-refractivity contribution in [3.8, 4) is 5.75 Å². The van der Waals surface area contributed by atoms with Crippen LogP contribution >= 0.6 is 24.0 Å². The first-order valence-corrected chi connectivity index (χ1v) is 10.8. The van der Waals surface area contributed by atoms with E-state index >= 15 is 0 Å². The van der Waals surface area contributed by atoms with Crippen LogP contribution in [0.1, 0.15) is 24.1 Å². The fraction of sp³-hybridized carbons (Fsp3) is 0.458. The number of halogens is 1. The van der Waals surface area contributed by atoms with Crippen LogP contribution in [0.4, 0.5) is 0 Å². The van der Waals surface area contributed by atoms with E-state index in [1.54, 1.807) is 7.11 Å². The van der Waals surface area contributed by atoms with Crippen molar-refractivity contribution >= 4 is 29.9 Å². The lowest BCUT2D eigenvalue weighted by molar-refractivity contribution is 0.0180. The molecule has 1 saturated heterocycles. The molecule has 170 valence electrons. The first-order valence-electron chi connectivity index (χ1n) is 10.8. The number of nitrogens with zero attached hydrogens (tertiary/aromatic N) is 2. The maximum absolute atomic E-state index is 5.55. The van der Waals surface area contributed by atoms with E-state index in [0.717, 1.165) is 57.5 Å². The van der Waals surface area contributed by atoms with Crippen LogP contribution in [0.25, 0.3) is 0 Å². The molecule has 2 aromatic carbocycles. The number of rotatable bonds is 9. The molecular formula is C24H35IN4O2. The smallest absolute Gasteiger partial charge is 0.191 e. The molecule has 2 N–H and O–H groups in total. The number of aliphatic imine (C=N–C) groups is 1. The molecule has 0 amide bonds. The second-order valence-electron chi connectivity index (χ2n) is 7.32. The number of guanidine groups is 1. The van der Waals surface area contributed by atoms with Crippen LogP contribution in [0, 0.1) is 0 Å². The summed E-state index contributed by atoms with van der Waals surface area (Å²) in [5, 5.41) is 6.84. The van der Waals surface area contributed by atoms with Gasteiger partial charge in [0, 0.05) is 26.2 Å². The second-order valence-corrected chi connectivity index (χ2v) is 7.32. The molecule has 0 aromatic heterocycles. The molecule has 0 spiro atoms. The minimum absolute atomic E-state index is 0. The first kappa shape index (κ1) is 25.4. The van der Waals surface area contributed by atoms with Crippen molar-refractivity contribution in [3.63, 3.8) is 0 Å². The zero-order valence-electron chi connectivity index (χ0n) is 18.5. The summed E-state index contributed by atoms with van der Waals surface area (Å²) in [5.74, 6) is 1.75. The average Bonchev–Trinajstić information content (AvgIpc) is 2.81. The van der Waals surface area contributed by atoms with Crippen LogP contribution < -0.4 is 15.4 Å². The molecule has 0 radical (unpaired) electrons. The lowest BCUT2D eigenvalue weighted by Crippen LogP contribution is -2.42. The van der Waals surface area contributed by atoms with Gasteiger partial charge in [0.15, 0.2) is 5.96 Å². The van der Waals surface area contributed by atoms with E-state index in [2.05, 4.69) is 64.9 Å². The van der Waals surface area contributed by atoms with Gasteiger partial charge in [0.25, 0.3) is 0 Å². The molecule has 0 aliphatic carbocycles. The molecule has 1 unspecified atom stereocenters. The Morgan fingerprint density at radius 3 is 2.42 bits per heavy atom. The van der Waals surface area contributed by atoms with Crippen molar-refractivity contribution < 1.29 is 9.47 Å². The Morgan fingerprint density at radius 1 is 1.06 bits per heavy atom. The van der Waals surface area contributed by atoms with Gasteiger partial charge in [-0.25, -0.2) is 0 Å². The highest BCUT2D eigenvalue weighted by Gasteiger charge is 2.22. The van der Waals surface area contributed by atoms with Crippen molar-refractivity contribution in [1.82, 2.24) is 15.5 Å². The third kappa shape index (κ3) is 8.31. The minimum Gasteiger partial charge on any atom is -0.497 e. The number of nitrogens with one attached hydrogen (secondary N) is 2. The SMILES string of the molecule is CCNC(=NCC(c1ccccc1)N1CCOCC1)NCCc1ccc(OC)cc1.I. The number of methoxy groups -OCH3 is 1. The first-order chi connectivity index (χ1) is 14.8. The predicted molar refractivity (Wildman–Crippen MR) is 138 cm³/mol. The number of ether oxygens (including phenoxy) is 2. The monoisotopic (exact) mass is 538 g/mol. The van der Waals surface area contributed by atoms with E-state index in [1.165, 1.54) is 11.1 Å².